The van der Waals surface area contributed by atoms with Crippen LogP contribution in [0.15, 0.2) is 83.7 Å². The predicted molar refractivity (Wildman–Crippen MR) is 148 cm³/mol. The third-order valence-corrected chi connectivity index (χ3v) is 6.98. The maximum atomic E-state index is 13.3. The first kappa shape index (κ1) is 24.7. The summed E-state index contributed by atoms with van der Waals surface area (Å²) in [6.07, 6.45) is 0. The number of amides is 1. The van der Waals surface area contributed by atoms with Gasteiger partial charge < -0.3 is 10.2 Å². The Morgan fingerprint density at radius 2 is 1.46 bits per heavy atom. The third-order valence-electron chi connectivity index (χ3n) is 6.98. The van der Waals surface area contributed by atoms with Gasteiger partial charge in [-0.15, -0.1) is 0 Å². The minimum atomic E-state index is -0.281. The van der Waals surface area contributed by atoms with Gasteiger partial charge >= 0.3 is 0 Å². The van der Waals surface area contributed by atoms with E-state index >= 15 is 0 Å². The van der Waals surface area contributed by atoms with Crippen LogP contribution < -0.4 is 15.8 Å². The molecule has 7 nitrogen and oxygen atoms in total. The van der Waals surface area contributed by atoms with Gasteiger partial charge in [0, 0.05) is 50.3 Å². The fourth-order valence-electron chi connectivity index (χ4n) is 4.91. The minimum Gasteiger partial charge on any atom is -0.369 e. The average Bonchev–Trinajstić information content (AvgIpc) is 2.93. The summed E-state index contributed by atoms with van der Waals surface area (Å²) in [7, 11) is 0. The zero-order chi connectivity index (χ0) is 25.8. The summed E-state index contributed by atoms with van der Waals surface area (Å²) in [5.41, 5.74) is 3.66. The van der Waals surface area contributed by atoms with Crippen molar-refractivity contribution in [3.05, 3.63) is 106 Å². The first-order valence-electron chi connectivity index (χ1n) is 12.9. The number of carbonyl (C=O) groups excluding carboxylic acids is 1. The fraction of sp³-hybridized carbons (Fsp3) is 0.300. The van der Waals surface area contributed by atoms with E-state index in [1.54, 1.807) is 12.1 Å². The number of hydrogen-bond donors (Lipinski definition) is 1. The minimum absolute atomic E-state index is 0.147. The molecule has 1 saturated heterocycles. The fourth-order valence-corrected chi connectivity index (χ4v) is 4.91. The van der Waals surface area contributed by atoms with Crippen LogP contribution in [0.5, 0.6) is 0 Å². The Balaban J connectivity index is 1.28. The number of benzene rings is 3. The Hall–Kier alpha value is -3.97. The summed E-state index contributed by atoms with van der Waals surface area (Å²) in [4.78, 5) is 31.0. The molecule has 0 saturated carbocycles. The smallest absolute Gasteiger partial charge is 0.274 e. The number of aromatic nitrogens is 2. The van der Waals surface area contributed by atoms with Crippen LogP contribution in [0.1, 0.15) is 41.5 Å². The molecule has 0 spiro atoms. The lowest BCUT2D eigenvalue weighted by Gasteiger charge is -2.36. The number of piperazine rings is 1. The van der Waals surface area contributed by atoms with Gasteiger partial charge in [0.2, 0.25) is 0 Å². The molecule has 37 heavy (non-hydrogen) atoms. The topological polar surface area (TPSA) is 70.5 Å². The second-order valence-corrected chi connectivity index (χ2v) is 9.79. The van der Waals surface area contributed by atoms with Crippen LogP contribution >= 0.6 is 0 Å². The summed E-state index contributed by atoms with van der Waals surface area (Å²) < 4.78 is 1.39. The summed E-state index contributed by atoms with van der Waals surface area (Å²) in [6, 6.07) is 25.8. The molecule has 1 aromatic heterocycles. The summed E-state index contributed by atoms with van der Waals surface area (Å²) in [5.74, 6) is -0.281. The Kier molecular flexibility index (Phi) is 7.32. The van der Waals surface area contributed by atoms with Crippen molar-refractivity contribution in [3.63, 3.8) is 0 Å². The van der Waals surface area contributed by atoms with Crippen molar-refractivity contribution in [1.29, 1.82) is 0 Å². The van der Waals surface area contributed by atoms with Gasteiger partial charge in [-0.3, -0.25) is 14.5 Å². The molecular formula is C30H33N5O2. The highest BCUT2D eigenvalue weighted by molar-refractivity contribution is 6.04. The van der Waals surface area contributed by atoms with Crippen molar-refractivity contribution in [2.24, 2.45) is 0 Å². The van der Waals surface area contributed by atoms with Gasteiger partial charge in [0.25, 0.3) is 11.5 Å². The molecule has 7 heteroatoms. The lowest BCUT2D eigenvalue weighted by Crippen LogP contribution is -2.46. The molecule has 0 atom stereocenters. The quantitative estimate of drug-likeness (QED) is 0.416. The van der Waals surface area contributed by atoms with Crippen LogP contribution in [-0.4, -0.2) is 46.8 Å². The second-order valence-electron chi connectivity index (χ2n) is 9.79. The molecule has 3 aromatic carbocycles. The molecule has 0 radical (unpaired) electrons. The molecule has 1 fully saturated rings. The zero-order valence-electron chi connectivity index (χ0n) is 21.4. The SMILES string of the molecule is CC(C)n1nc(C(=O)NCc2ccccc2CN2CCN(c3ccccc3)CC2)c2ccccc2c1=O. The lowest BCUT2D eigenvalue weighted by molar-refractivity contribution is 0.0945. The van der Waals surface area contributed by atoms with Crippen LogP contribution in [0.2, 0.25) is 0 Å². The average molecular weight is 496 g/mol. The Morgan fingerprint density at radius 3 is 2.16 bits per heavy atom. The lowest BCUT2D eigenvalue weighted by atomic mass is 10.1. The Morgan fingerprint density at radius 1 is 0.838 bits per heavy atom. The Labute approximate surface area is 217 Å². The number of anilines is 1. The van der Waals surface area contributed by atoms with Gasteiger partial charge in [-0.25, -0.2) is 4.68 Å². The van der Waals surface area contributed by atoms with E-state index < -0.39 is 0 Å². The van der Waals surface area contributed by atoms with Crippen LogP contribution in [0.25, 0.3) is 10.8 Å². The van der Waals surface area contributed by atoms with Crippen molar-refractivity contribution in [2.75, 3.05) is 31.1 Å². The third kappa shape index (κ3) is 5.42. The number of carbonyl (C=O) groups is 1. The van der Waals surface area contributed by atoms with Crippen LogP contribution in [0, 0.1) is 0 Å². The van der Waals surface area contributed by atoms with Crippen molar-refractivity contribution < 1.29 is 4.79 Å². The summed E-state index contributed by atoms with van der Waals surface area (Å²) in [6.45, 7) is 8.98. The molecule has 0 unspecified atom stereocenters. The van der Waals surface area contributed by atoms with E-state index in [9.17, 15) is 9.59 Å². The highest BCUT2D eigenvalue weighted by Crippen LogP contribution is 2.19. The van der Waals surface area contributed by atoms with Crippen molar-refractivity contribution in [2.45, 2.75) is 33.0 Å². The summed E-state index contributed by atoms with van der Waals surface area (Å²) >= 11 is 0. The van der Waals surface area contributed by atoms with Gasteiger partial charge in [0.15, 0.2) is 5.69 Å². The van der Waals surface area contributed by atoms with E-state index in [0.29, 0.717) is 17.3 Å². The first-order chi connectivity index (χ1) is 18.0. The standard InChI is InChI=1S/C30H33N5O2/c1-22(2)35-30(37)27-15-9-8-14-26(27)28(32-35)29(36)31-20-23-10-6-7-11-24(23)21-33-16-18-34(19-17-33)25-12-4-3-5-13-25/h3-15,22H,16-21H2,1-2H3,(H,31,36). The highest BCUT2D eigenvalue weighted by Gasteiger charge is 2.20. The molecule has 2 heterocycles. The van der Waals surface area contributed by atoms with E-state index in [2.05, 4.69) is 68.7 Å². The monoisotopic (exact) mass is 495 g/mol. The molecule has 1 amide bonds. The second kappa shape index (κ2) is 11.0. The molecule has 4 aromatic rings. The number of nitrogens with zero attached hydrogens (tertiary/aromatic N) is 4. The molecule has 5 rings (SSSR count). The normalized spacial score (nSPS) is 14.3. The number of para-hydroxylation sites is 1. The zero-order valence-corrected chi connectivity index (χ0v) is 21.4. The maximum absolute atomic E-state index is 13.3. The van der Waals surface area contributed by atoms with E-state index in [1.165, 1.54) is 15.9 Å². The number of rotatable bonds is 7. The molecule has 1 aliphatic rings. The molecule has 1 aliphatic heterocycles. The predicted octanol–water partition coefficient (Wildman–Crippen LogP) is 4.23. The molecule has 190 valence electrons. The number of hydrogen-bond acceptors (Lipinski definition) is 5. The molecule has 1 N–H and O–H groups in total. The van der Waals surface area contributed by atoms with Gasteiger partial charge in [-0.1, -0.05) is 60.7 Å². The van der Waals surface area contributed by atoms with Gasteiger partial charge in [-0.2, -0.15) is 5.10 Å². The first-order valence-corrected chi connectivity index (χ1v) is 12.9. The number of nitrogens with one attached hydrogen (secondary N) is 1. The molecule has 0 bridgehead atoms. The molecule has 0 aliphatic carbocycles. The van der Waals surface area contributed by atoms with Crippen LogP contribution in [0.3, 0.4) is 0 Å². The van der Waals surface area contributed by atoms with E-state index in [4.69, 9.17) is 0 Å². The van der Waals surface area contributed by atoms with Crippen molar-refractivity contribution >= 4 is 22.4 Å². The van der Waals surface area contributed by atoms with Crippen LogP contribution in [0.4, 0.5) is 5.69 Å². The van der Waals surface area contributed by atoms with E-state index in [0.717, 1.165) is 38.3 Å². The van der Waals surface area contributed by atoms with Crippen molar-refractivity contribution in [3.8, 4) is 0 Å². The van der Waals surface area contributed by atoms with Crippen LogP contribution in [-0.2, 0) is 13.1 Å². The van der Waals surface area contributed by atoms with E-state index in [-0.39, 0.29) is 23.2 Å². The number of fused-ring (bicyclic) bond motifs is 1. The summed E-state index contributed by atoms with van der Waals surface area (Å²) in [5, 5.41) is 8.58. The van der Waals surface area contributed by atoms with E-state index in [1.807, 2.05) is 32.0 Å². The maximum Gasteiger partial charge on any atom is 0.274 e. The van der Waals surface area contributed by atoms with Gasteiger partial charge in [-0.05, 0) is 43.2 Å². The van der Waals surface area contributed by atoms with Gasteiger partial charge in [0.05, 0.1) is 11.4 Å². The Bertz CT molecular complexity index is 1440. The highest BCUT2D eigenvalue weighted by atomic mass is 16.2. The van der Waals surface area contributed by atoms with Crippen molar-refractivity contribution in [1.82, 2.24) is 20.0 Å². The molecular weight excluding hydrogens is 462 g/mol. The van der Waals surface area contributed by atoms with Gasteiger partial charge in [0.1, 0.15) is 0 Å². The largest absolute Gasteiger partial charge is 0.369 e.